The van der Waals surface area contributed by atoms with Crippen molar-refractivity contribution in [2.24, 2.45) is 112 Å². The van der Waals surface area contributed by atoms with E-state index in [0.29, 0.717) is 5.41 Å². The molecule has 0 radical (unpaired) electrons. The summed E-state index contributed by atoms with van der Waals surface area (Å²) in [5.74, 6) is 19.6. The molecular weight excluding hydrogens is 540 g/mol. The summed E-state index contributed by atoms with van der Waals surface area (Å²) >= 11 is 0. The Balaban J connectivity index is 0.000000100. The first kappa shape index (κ1) is 32.8. The van der Waals surface area contributed by atoms with E-state index in [1.165, 1.54) is 12.8 Å². The highest BCUT2D eigenvalue weighted by Crippen LogP contribution is 2.70. The predicted octanol–water partition coefficient (Wildman–Crippen LogP) is 12.7. The van der Waals surface area contributed by atoms with Gasteiger partial charge in [-0.3, -0.25) is 0 Å². The SMILES string of the molecule is CC.CC.CC.CC12C=CC(C1)C1C3CCC(C3)C12.CC1=CC2CC1C1C3CCC(C3)C21.CC1C2C=CC1C1C3CCC(C3)C21. The summed E-state index contributed by atoms with van der Waals surface area (Å²) in [5, 5.41) is 0. The van der Waals surface area contributed by atoms with Gasteiger partial charge in [0.25, 0.3) is 0 Å². The molecule has 252 valence electrons. The third-order valence-corrected chi connectivity index (χ3v) is 16.9. The van der Waals surface area contributed by atoms with E-state index in [4.69, 9.17) is 0 Å². The molecule has 0 aromatic rings. The van der Waals surface area contributed by atoms with Crippen LogP contribution >= 0.6 is 0 Å². The summed E-state index contributed by atoms with van der Waals surface area (Å²) in [5.41, 5.74) is 2.38. The minimum Gasteiger partial charge on any atom is -0.0845 e. The van der Waals surface area contributed by atoms with Crippen LogP contribution in [0.3, 0.4) is 0 Å². The maximum Gasteiger partial charge on any atom is -0.0107 e. The van der Waals surface area contributed by atoms with Gasteiger partial charge in [0, 0.05) is 0 Å². The van der Waals surface area contributed by atoms with Crippen molar-refractivity contribution in [3.8, 4) is 0 Å². The number of fused-ring (bicyclic) bond motifs is 27. The van der Waals surface area contributed by atoms with Crippen molar-refractivity contribution in [3.63, 3.8) is 0 Å². The second kappa shape index (κ2) is 12.6. The molecule has 0 heteroatoms. The van der Waals surface area contributed by atoms with E-state index >= 15 is 0 Å². The molecular formula is C45H72. The third kappa shape index (κ3) is 4.76. The van der Waals surface area contributed by atoms with Crippen LogP contribution in [0.25, 0.3) is 0 Å². The normalized spacial score (nSPS) is 56.5. The Morgan fingerprint density at radius 2 is 1.04 bits per heavy atom. The van der Waals surface area contributed by atoms with Gasteiger partial charge in [0.1, 0.15) is 0 Å². The average Bonchev–Trinajstić information content (AvgIpc) is 3.90. The lowest BCUT2D eigenvalue weighted by molar-refractivity contribution is 0.158. The van der Waals surface area contributed by atoms with E-state index in [1.54, 1.807) is 63.4 Å². The molecule has 0 aliphatic heterocycles. The van der Waals surface area contributed by atoms with Gasteiger partial charge < -0.3 is 0 Å². The lowest BCUT2D eigenvalue weighted by Gasteiger charge is -2.37. The molecule has 12 bridgehead atoms. The van der Waals surface area contributed by atoms with Gasteiger partial charge in [-0.15, -0.1) is 0 Å². The second-order valence-corrected chi connectivity index (χ2v) is 18.0. The summed E-state index contributed by atoms with van der Waals surface area (Å²) in [6.07, 6.45) is 30.0. The van der Waals surface area contributed by atoms with Crippen LogP contribution in [0.2, 0.25) is 0 Å². The molecule has 12 rings (SSSR count). The van der Waals surface area contributed by atoms with Gasteiger partial charge in [-0.05, 0) is 189 Å². The number of rotatable bonds is 0. The Bertz CT molecular complexity index is 1100. The molecule has 0 aromatic heterocycles. The maximum absolute atomic E-state index is 2.62. The Hall–Kier alpha value is -0.780. The summed E-state index contributed by atoms with van der Waals surface area (Å²) < 4.78 is 0. The van der Waals surface area contributed by atoms with Gasteiger partial charge in [-0.1, -0.05) is 91.3 Å². The summed E-state index contributed by atoms with van der Waals surface area (Å²) in [6.45, 7) is 19.4. The van der Waals surface area contributed by atoms with E-state index < -0.39 is 0 Å². The monoisotopic (exact) mass is 613 g/mol. The standard InChI is InChI=1S/3C13H18.3C2H6/c1-7-4-10-6-11(7)13-9-3-2-8(5-9)12(10)13;1-13-5-4-10(7-13)11-8-2-3-9(6-8)12(11)13;1-7-10-4-5-11(7)13-9-3-2-8(6-9)12(10)13;3*1-2/h4,8-13H,2-3,5-6H2,1H3;4-5,8-12H,2-3,6-7H2,1H3;4-5,7-13H,2-3,6H2,1H3;3*1-2H3. The zero-order valence-corrected chi connectivity index (χ0v) is 31.1. The van der Waals surface area contributed by atoms with Gasteiger partial charge in [0.15, 0.2) is 0 Å². The highest BCUT2D eigenvalue weighted by Gasteiger charge is 2.63. The Labute approximate surface area is 280 Å². The molecule has 0 nitrogen and oxygen atoms in total. The molecule has 18 unspecified atom stereocenters. The van der Waals surface area contributed by atoms with E-state index in [1.807, 2.05) is 41.5 Å². The topological polar surface area (TPSA) is 0 Å². The minimum atomic E-state index is 0.634. The lowest BCUT2D eigenvalue weighted by Crippen LogP contribution is -2.30. The van der Waals surface area contributed by atoms with Gasteiger partial charge >= 0.3 is 0 Å². The fourth-order valence-electron chi connectivity index (χ4n) is 16.1. The smallest absolute Gasteiger partial charge is 0.0107 e. The first-order chi connectivity index (χ1) is 22.0. The van der Waals surface area contributed by atoms with Crippen molar-refractivity contribution in [2.75, 3.05) is 0 Å². The molecule has 12 aliphatic carbocycles. The highest BCUT2D eigenvalue weighted by atomic mass is 14.7. The molecule has 0 amide bonds. The molecule has 9 saturated carbocycles. The largest absolute Gasteiger partial charge is 0.0845 e. The second-order valence-electron chi connectivity index (χ2n) is 18.0. The quantitative estimate of drug-likeness (QED) is 0.189. The fourth-order valence-corrected chi connectivity index (χ4v) is 16.1. The molecule has 0 N–H and O–H groups in total. The van der Waals surface area contributed by atoms with Crippen molar-refractivity contribution in [3.05, 3.63) is 36.0 Å². The zero-order chi connectivity index (χ0) is 31.8. The van der Waals surface area contributed by atoms with Crippen molar-refractivity contribution in [2.45, 2.75) is 133 Å². The van der Waals surface area contributed by atoms with Crippen LogP contribution in [0.15, 0.2) is 36.0 Å². The van der Waals surface area contributed by atoms with Crippen LogP contribution < -0.4 is 0 Å². The van der Waals surface area contributed by atoms with Gasteiger partial charge in [-0.2, -0.15) is 0 Å². The van der Waals surface area contributed by atoms with Crippen molar-refractivity contribution >= 4 is 0 Å². The Morgan fingerprint density at radius 3 is 1.62 bits per heavy atom. The van der Waals surface area contributed by atoms with Crippen LogP contribution in [0, 0.1) is 112 Å². The van der Waals surface area contributed by atoms with Gasteiger partial charge in [0.05, 0.1) is 0 Å². The Morgan fingerprint density at radius 1 is 0.556 bits per heavy atom. The minimum absolute atomic E-state index is 0.634. The molecule has 0 aromatic carbocycles. The molecule has 9 fully saturated rings. The molecule has 18 atom stereocenters. The molecule has 0 spiro atoms. The summed E-state index contributed by atoms with van der Waals surface area (Å²) in [7, 11) is 0. The van der Waals surface area contributed by atoms with Crippen molar-refractivity contribution < 1.29 is 0 Å². The van der Waals surface area contributed by atoms with Crippen LogP contribution in [0.1, 0.15) is 133 Å². The Kier molecular flexibility index (Phi) is 9.16. The highest BCUT2D eigenvalue weighted by molar-refractivity contribution is 5.27. The van der Waals surface area contributed by atoms with Gasteiger partial charge in [-0.25, -0.2) is 0 Å². The molecule has 12 aliphatic rings. The summed E-state index contributed by atoms with van der Waals surface area (Å²) in [6, 6.07) is 0. The van der Waals surface area contributed by atoms with E-state index in [9.17, 15) is 0 Å². The summed E-state index contributed by atoms with van der Waals surface area (Å²) in [4.78, 5) is 0. The fraction of sp³-hybridized carbons (Fsp3) is 0.867. The number of hydrogen-bond donors (Lipinski definition) is 0. The van der Waals surface area contributed by atoms with Crippen molar-refractivity contribution in [1.29, 1.82) is 0 Å². The predicted molar refractivity (Wildman–Crippen MR) is 193 cm³/mol. The van der Waals surface area contributed by atoms with Gasteiger partial charge in [0.2, 0.25) is 0 Å². The zero-order valence-electron chi connectivity index (χ0n) is 31.1. The third-order valence-electron chi connectivity index (χ3n) is 16.9. The number of hydrogen-bond acceptors (Lipinski definition) is 0. The van der Waals surface area contributed by atoms with Crippen molar-refractivity contribution in [1.82, 2.24) is 0 Å². The molecule has 0 heterocycles. The van der Waals surface area contributed by atoms with E-state index in [-0.39, 0.29) is 0 Å². The molecule has 45 heavy (non-hydrogen) atoms. The molecule has 0 saturated heterocycles. The first-order valence-electron chi connectivity index (χ1n) is 21.0. The van der Waals surface area contributed by atoms with Crippen LogP contribution in [-0.2, 0) is 0 Å². The van der Waals surface area contributed by atoms with Crippen LogP contribution in [0.4, 0.5) is 0 Å². The lowest BCUT2D eigenvalue weighted by atomic mass is 9.68. The number of allylic oxidation sites excluding steroid dienone is 6. The maximum atomic E-state index is 2.62. The van der Waals surface area contributed by atoms with E-state index in [0.717, 1.165) is 107 Å². The van der Waals surface area contributed by atoms with E-state index in [2.05, 4.69) is 51.2 Å². The average molecular weight is 613 g/mol. The van der Waals surface area contributed by atoms with Crippen LogP contribution in [0.5, 0.6) is 0 Å². The first-order valence-corrected chi connectivity index (χ1v) is 21.0. The van der Waals surface area contributed by atoms with Crippen LogP contribution in [-0.4, -0.2) is 0 Å².